The van der Waals surface area contributed by atoms with Gasteiger partial charge in [-0.1, -0.05) is 13.8 Å². The van der Waals surface area contributed by atoms with Gasteiger partial charge in [0.15, 0.2) is 0 Å². The lowest BCUT2D eigenvalue weighted by atomic mass is 9.89. The summed E-state index contributed by atoms with van der Waals surface area (Å²) in [5.74, 6) is 1.73. The molecule has 0 spiro atoms. The molecule has 0 radical (unpaired) electrons. The van der Waals surface area contributed by atoms with Crippen molar-refractivity contribution in [3.63, 3.8) is 0 Å². The van der Waals surface area contributed by atoms with Crippen LogP contribution >= 0.6 is 0 Å². The fraction of sp³-hybridized carbons (Fsp3) is 1.00. The highest BCUT2D eigenvalue weighted by Gasteiger charge is 2.38. The number of hydrogen-bond donors (Lipinski definition) is 1. The summed E-state index contributed by atoms with van der Waals surface area (Å²) in [5, 5.41) is 3.71. The van der Waals surface area contributed by atoms with Crippen molar-refractivity contribution in [3.05, 3.63) is 0 Å². The van der Waals surface area contributed by atoms with Gasteiger partial charge in [0, 0.05) is 25.2 Å². The molecule has 0 aromatic heterocycles. The first-order valence-electron chi connectivity index (χ1n) is 6.09. The molecule has 1 N–H and O–H groups in total. The molecule has 2 saturated heterocycles. The molecule has 2 bridgehead atoms. The van der Waals surface area contributed by atoms with E-state index in [1.54, 1.807) is 0 Å². The van der Waals surface area contributed by atoms with Crippen LogP contribution in [0.1, 0.15) is 33.1 Å². The van der Waals surface area contributed by atoms with Crippen molar-refractivity contribution >= 4 is 0 Å². The molecule has 2 heterocycles. The largest absolute Gasteiger partial charge is 0.311 e. The summed E-state index contributed by atoms with van der Waals surface area (Å²) in [6, 6.07) is 1.70. The average Bonchev–Trinajstić information content (AvgIpc) is 2.62. The molecule has 2 aliphatic heterocycles. The van der Waals surface area contributed by atoms with Gasteiger partial charge in [0.05, 0.1) is 0 Å². The second-order valence-corrected chi connectivity index (χ2v) is 5.66. The Bertz CT molecular complexity index is 191. The second-order valence-electron chi connectivity index (χ2n) is 5.66. The van der Waals surface area contributed by atoms with Crippen LogP contribution in [0.3, 0.4) is 0 Å². The van der Waals surface area contributed by atoms with Gasteiger partial charge in [0.25, 0.3) is 0 Å². The number of nitrogens with one attached hydrogen (secondary N) is 1. The molecule has 2 aliphatic rings. The topological polar surface area (TPSA) is 15.3 Å². The number of hydrogen-bond acceptors (Lipinski definition) is 2. The third-order valence-corrected chi connectivity index (χ3v) is 3.66. The lowest BCUT2D eigenvalue weighted by Gasteiger charge is -2.27. The number of rotatable bonds is 4. The highest BCUT2D eigenvalue weighted by molar-refractivity contribution is 4.98. The number of nitrogens with zero attached hydrogens (tertiary/aromatic N) is 1. The smallest absolute Gasteiger partial charge is 0.0111 e. The van der Waals surface area contributed by atoms with Gasteiger partial charge in [0.1, 0.15) is 0 Å². The summed E-state index contributed by atoms with van der Waals surface area (Å²) < 4.78 is 0. The Kier molecular flexibility index (Phi) is 3.13. The van der Waals surface area contributed by atoms with E-state index in [0.29, 0.717) is 0 Å². The van der Waals surface area contributed by atoms with E-state index in [-0.39, 0.29) is 0 Å². The molecule has 82 valence electrons. The van der Waals surface area contributed by atoms with E-state index >= 15 is 0 Å². The summed E-state index contributed by atoms with van der Waals surface area (Å²) in [5.41, 5.74) is 0. The van der Waals surface area contributed by atoms with Crippen molar-refractivity contribution in [2.45, 2.75) is 45.2 Å². The summed E-state index contributed by atoms with van der Waals surface area (Å²) in [6.07, 6.45) is 4.27. The molecule has 3 atom stereocenters. The standard InChI is InChI=1S/C12H24N2/c1-9(2)7-14(3)8-10-6-11-4-5-12(10)13-11/h9-13H,4-8H2,1-3H3. The first-order chi connectivity index (χ1) is 6.65. The van der Waals surface area contributed by atoms with Crippen molar-refractivity contribution in [1.29, 1.82) is 0 Å². The van der Waals surface area contributed by atoms with Crippen molar-refractivity contribution in [2.75, 3.05) is 20.1 Å². The van der Waals surface area contributed by atoms with Gasteiger partial charge in [-0.15, -0.1) is 0 Å². The van der Waals surface area contributed by atoms with Gasteiger partial charge >= 0.3 is 0 Å². The van der Waals surface area contributed by atoms with Crippen LogP contribution in [0.4, 0.5) is 0 Å². The molecule has 2 fully saturated rings. The van der Waals surface area contributed by atoms with Crippen LogP contribution in [0, 0.1) is 11.8 Å². The normalized spacial score (nSPS) is 36.2. The number of fused-ring (bicyclic) bond motifs is 2. The van der Waals surface area contributed by atoms with E-state index in [9.17, 15) is 0 Å². The molecule has 0 saturated carbocycles. The third-order valence-electron chi connectivity index (χ3n) is 3.66. The van der Waals surface area contributed by atoms with Crippen LogP contribution in [-0.2, 0) is 0 Å². The highest BCUT2D eigenvalue weighted by atomic mass is 15.1. The Morgan fingerprint density at radius 3 is 2.64 bits per heavy atom. The summed E-state index contributed by atoms with van der Waals surface area (Å²) in [6.45, 7) is 7.14. The van der Waals surface area contributed by atoms with Crippen molar-refractivity contribution in [3.8, 4) is 0 Å². The van der Waals surface area contributed by atoms with Gasteiger partial charge in [-0.05, 0) is 38.1 Å². The molecule has 2 heteroatoms. The van der Waals surface area contributed by atoms with Crippen LogP contribution in [0.5, 0.6) is 0 Å². The van der Waals surface area contributed by atoms with Gasteiger partial charge in [-0.25, -0.2) is 0 Å². The van der Waals surface area contributed by atoms with E-state index < -0.39 is 0 Å². The predicted octanol–water partition coefficient (Wildman–Crippen LogP) is 1.71. The van der Waals surface area contributed by atoms with E-state index in [1.807, 2.05) is 0 Å². The zero-order valence-electron chi connectivity index (χ0n) is 9.79. The Balaban J connectivity index is 1.75. The van der Waals surface area contributed by atoms with E-state index in [2.05, 4.69) is 31.1 Å². The fourth-order valence-corrected chi connectivity index (χ4v) is 3.24. The van der Waals surface area contributed by atoms with Crippen LogP contribution in [0.2, 0.25) is 0 Å². The lowest BCUT2D eigenvalue weighted by Crippen LogP contribution is -2.34. The first-order valence-corrected chi connectivity index (χ1v) is 6.09. The molecule has 0 aromatic rings. The highest BCUT2D eigenvalue weighted by Crippen LogP contribution is 2.33. The van der Waals surface area contributed by atoms with Crippen LogP contribution in [-0.4, -0.2) is 37.1 Å². The van der Waals surface area contributed by atoms with Gasteiger partial charge < -0.3 is 10.2 Å². The summed E-state index contributed by atoms with van der Waals surface area (Å²) in [7, 11) is 2.27. The quantitative estimate of drug-likeness (QED) is 0.736. The maximum absolute atomic E-state index is 3.71. The third kappa shape index (κ3) is 2.29. The predicted molar refractivity (Wildman–Crippen MR) is 60.4 cm³/mol. The molecule has 0 aliphatic carbocycles. The van der Waals surface area contributed by atoms with Crippen molar-refractivity contribution in [2.24, 2.45) is 11.8 Å². The van der Waals surface area contributed by atoms with Gasteiger partial charge in [-0.2, -0.15) is 0 Å². The van der Waals surface area contributed by atoms with E-state index in [1.165, 1.54) is 32.4 Å². The Morgan fingerprint density at radius 2 is 2.14 bits per heavy atom. The molecular weight excluding hydrogens is 172 g/mol. The zero-order chi connectivity index (χ0) is 10.1. The molecular formula is C12H24N2. The van der Waals surface area contributed by atoms with Crippen LogP contribution in [0.25, 0.3) is 0 Å². The van der Waals surface area contributed by atoms with Crippen molar-refractivity contribution in [1.82, 2.24) is 10.2 Å². The average molecular weight is 196 g/mol. The molecule has 2 nitrogen and oxygen atoms in total. The first kappa shape index (κ1) is 10.4. The van der Waals surface area contributed by atoms with Crippen LogP contribution in [0.15, 0.2) is 0 Å². The minimum Gasteiger partial charge on any atom is -0.311 e. The zero-order valence-corrected chi connectivity index (χ0v) is 9.79. The molecule has 14 heavy (non-hydrogen) atoms. The minimum absolute atomic E-state index is 0.798. The fourth-order valence-electron chi connectivity index (χ4n) is 3.24. The summed E-state index contributed by atoms with van der Waals surface area (Å²) >= 11 is 0. The SMILES string of the molecule is CC(C)CN(C)CC1CC2CCC1N2. The van der Waals surface area contributed by atoms with Crippen LogP contribution < -0.4 is 5.32 Å². The van der Waals surface area contributed by atoms with E-state index in [0.717, 1.165) is 23.9 Å². The second kappa shape index (κ2) is 4.19. The minimum atomic E-state index is 0.798. The Morgan fingerprint density at radius 1 is 1.36 bits per heavy atom. The molecule has 3 unspecified atom stereocenters. The Hall–Kier alpha value is -0.0800. The van der Waals surface area contributed by atoms with E-state index in [4.69, 9.17) is 0 Å². The monoisotopic (exact) mass is 196 g/mol. The maximum atomic E-state index is 3.71. The molecule has 2 rings (SSSR count). The maximum Gasteiger partial charge on any atom is 0.0111 e. The molecule has 0 amide bonds. The van der Waals surface area contributed by atoms with Crippen molar-refractivity contribution < 1.29 is 0 Å². The van der Waals surface area contributed by atoms with Gasteiger partial charge in [-0.3, -0.25) is 0 Å². The molecule has 0 aromatic carbocycles. The summed E-state index contributed by atoms with van der Waals surface area (Å²) in [4.78, 5) is 2.51. The van der Waals surface area contributed by atoms with Gasteiger partial charge in [0.2, 0.25) is 0 Å². The Labute approximate surface area is 88.1 Å². The lowest BCUT2D eigenvalue weighted by molar-refractivity contribution is 0.228.